The van der Waals surface area contributed by atoms with Gasteiger partial charge >= 0.3 is 0 Å². The molecule has 174 valence electrons. The van der Waals surface area contributed by atoms with E-state index in [1.54, 1.807) is 11.8 Å². The van der Waals surface area contributed by atoms with Crippen LogP contribution in [0.1, 0.15) is 26.3 Å². The summed E-state index contributed by atoms with van der Waals surface area (Å²) >= 11 is 7.03. The highest BCUT2D eigenvalue weighted by Gasteiger charge is 2.26. The Bertz CT molecular complexity index is 1120. The Hall–Kier alpha value is -2.38. The average molecular weight is 576 g/mol. The first-order valence-corrected chi connectivity index (χ1v) is 12.5. The molecule has 0 spiro atoms. The van der Waals surface area contributed by atoms with Gasteiger partial charge in [0.2, 0.25) is 5.91 Å². The molecular weight excluding hydrogens is 548 g/mol. The van der Waals surface area contributed by atoms with E-state index >= 15 is 0 Å². The lowest BCUT2D eigenvalue weighted by Gasteiger charge is -2.29. The topological polar surface area (TPSA) is 58.6 Å². The van der Waals surface area contributed by atoms with E-state index in [0.29, 0.717) is 24.8 Å². The van der Waals surface area contributed by atoms with Crippen LogP contribution in [0.25, 0.3) is 10.8 Å². The van der Waals surface area contributed by atoms with E-state index in [9.17, 15) is 9.59 Å². The molecule has 0 aliphatic rings. The van der Waals surface area contributed by atoms with Crippen LogP contribution in [-0.4, -0.2) is 35.9 Å². The number of fused-ring (bicyclic) bond motifs is 1. The van der Waals surface area contributed by atoms with Crippen molar-refractivity contribution in [1.29, 1.82) is 0 Å². The zero-order chi connectivity index (χ0) is 24.0. The van der Waals surface area contributed by atoms with Gasteiger partial charge in [-0.3, -0.25) is 9.59 Å². The molecular formula is C26H28Br2N2O3. The molecule has 0 saturated heterocycles. The normalized spacial score (nSPS) is 11.9. The number of hydrogen-bond acceptors (Lipinski definition) is 3. The molecule has 0 heterocycles. The van der Waals surface area contributed by atoms with Crippen molar-refractivity contribution >= 4 is 54.4 Å². The number of amides is 2. The van der Waals surface area contributed by atoms with Crippen LogP contribution in [0.5, 0.6) is 5.75 Å². The smallest absolute Gasteiger partial charge is 0.261 e. The van der Waals surface area contributed by atoms with Gasteiger partial charge in [-0.1, -0.05) is 72.2 Å². The van der Waals surface area contributed by atoms with Crippen molar-refractivity contribution in [2.75, 3.05) is 13.2 Å². The number of nitrogens with one attached hydrogen (secondary N) is 1. The van der Waals surface area contributed by atoms with Gasteiger partial charge < -0.3 is 15.0 Å². The second-order valence-electron chi connectivity index (χ2n) is 8.35. The molecule has 1 N–H and O–H groups in total. The Balaban J connectivity index is 1.77. The summed E-state index contributed by atoms with van der Waals surface area (Å²) < 4.78 is 7.65. The highest BCUT2D eigenvalue weighted by atomic mass is 79.9. The van der Waals surface area contributed by atoms with Crippen molar-refractivity contribution in [3.8, 4) is 5.75 Å². The summed E-state index contributed by atoms with van der Waals surface area (Å²) in [5, 5.41) is 5.02. The summed E-state index contributed by atoms with van der Waals surface area (Å²) in [5.41, 5.74) is 0.932. The van der Waals surface area contributed by atoms with Gasteiger partial charge in [0, 0.05) is 17.6 Å². The van der Waals surface area contributed by atoms with Crippen LogP contribution in [0.4, 0.5) is 0 Å². The van der Waals surface area contributed by atoms with Crippen molar-refractivity contribution in [3.63, 3.8) is 0 Å². The van der Waals surface area contributed by atoms with Gasteiger partial charge in [0.15, 0.2) is 6.61 Å². The molecule has 0 bridgehead atoms. The summed E-state index contributed by atoms with van der Waals surface area (Å²) in [6.07, 6.45) is 0. The number of rotatable bonds is 9. The van der Waals surface area contributed by atoms with Gasteiger partial charge in [-0.25, -0.2) is 0 Å². The molecule has 0 aromatic heterocycles. The van der Waals surface area contributed by atoms with Crippen molar-refractivity contribution < 1.29 is 14.3 Å². The molecule has 0 fully saturated rings. The van der Waals surface area contributed by atoms with Crippen LogP contribution in [0.15, 0.2) is 69.6 Å². The predicted molar refractivity (Wildman–Crippen MR) is 139 cm³/mol. The van der Waals surface area contributed by atoms with Crippen molar-refractivity contribution in [3.05, 3.63) is 75.2 Å². The van der Waals surface area contributed by atoms with Gasteiger partial charge in [-0.2, -0.15) is 0 Å². The van der Waals surface area contributed by atoms with Crippen molar-refractivity contribution in [1.82, 2.24) is 10.2 Å². The molecule has 33 heavy (non-hydrogen) atoms. The first-order valence-electron chi connectivity index (χ1n) is 10.9. The number of benzene rings is 3. The van der Waals surface area contributed by atoms with E-state index in [4.69, 9.17) is 4.74 Å². The van der Waals surface area contributed by atoms with Crippen LogP contribution in [0, 0.1) is 5.92 Å². The quantitative estimate of drug-likeness (QED) is 0.344. The SMILES string of the molecule is CC(C)CNC(=O)[C@@H](C)N(Cc1ccc(Br)cc1)C(=O)COc1ccc2ccccc2c1Br. The number of hydrogen-bond donors (Lipinski definition) is 1. The first-order chi connectivity index (χ1) is 15.8. The Kier molecular flexibility index (Phi) is 8.92. The van der Waals surface area contributed by atoms with Crippen LogP contribution in [-0.2, 0) is 16.1 Å². The third-order valence-electron chi connectivity index (χ3n) is 5.30. The maximum absolute atomic E-state index is 13.2. The number of nitrogens with zero attached hydrogens (tertiary/aromatic N) is 1. The van der Waals surface area contributed by atoms with E-state index in [2.05, 4.69) is 37.2 Å². The van der Waals surface area contributed by atoms with E-state index in [1.165, 1.54) is 0 Å². The third-order valence-corrected chi connectivity index (χ3v) is 6.64. The third kappa shape index (κ3) is 6.81. The minimum absolute atomic E-state index is 0.171. The molecule has 7 heteroatoms. The highest BCUT2D eigenvalue weighted by molar-refractivity contribution is 9.11. The van der Waals surface area contributed by atoms with E-state index in [-0.39, 0.29) is 18.4 Å². The first kappa shape index (κ1) is 25.2. The molecule has 0 aliphatic carbocycles. The Morgan fingerprint density at radius 1 is 0.970 bits per heavy atom. The lowest BCUT2D eigenvalue weighted by atomic mass is 10.1. The Morgan fingerprint density at radius 2 is 1.67 bits per heavy atom. The fourth-order valence-electron chi connectivity index (χ4n) is 3.37. The van der Waals surface area contributed by atoms with E-state index in [1.807, 2.05) is 74.5 Å². The van der Waals surface area contributed by atoms with Gasteiger partial charge in [0.25, 0.3) is 5.91 Å². The summed E-state index contributed by atoms with van der Waals surface area (Å²) in [5.74, 6) is 0.471. The number of carbonyl (C=O) groups excluding carboxylic acids is 2. The average Bonchev–Trinajstić information content (AvgIpc) is 2.81. The summed E-state index contributed by atoms with van der Waals surface area (Å²) in [4.78, 5) is 27.6. The van der Waals surface area contributed by atoms with Crippen LogP contribution in [0.2, 0.25) is 0 Å². The Morgan fingerprint density at radius 3 is 2.36 bits per heavy atom. The summed E-state index contributed by atoms with van der Waals surface area (Å²) in [6, 6.07) is 18.8. The zero-order valence-electron chi connectivity index (χ0n) is 19.0. The predicted octanol–water partition coefficient (Wildman–Crippen LogP) is 5.93. The van der Waals surface area contributed by atoms with Gasteiger partial charge in [0.1, 0.15) is 11.8 Å². The second kappa shape index (κ2) is 11.7. The lowest BCUT2D eigenvalue weighted by molar-refractivity contribution is -0.142. The summed E-state index contributed by atoms with van der Waals surface area (Å²) in [6.45, 7) is 6.51. The van der Waals surface area contributed by atoms with E-state index < -0.39 is 6.04 Å². The van der Waals surface area contributed by atoms with Gasteiger partial charge in [-0.15, -0.1) is 0 Å². The highest BCUT2D eigenvalue weighted by Crippen LogP contribution is 2.33. The molecule has 3 aromatic rings. The van der Waals surface area contributed by atoms with Gasteiger partial charge in [-0.05, 0) is 63.3 Å². The summed E-state index contributed by atoms with van der Waals surface area (Å²) in [7, 11) is 0. The number of ether oxygens (including phenoxy) is 1. The molecule has 1 atom stereocenters. The number of carbonyl (C=O) groups is 2. The van der Waals surface area contributed by atoms with Gasteiger partial charge in [0.05, 0.1) is 4.47 Å². The second-order valence-corrected chi connectivity index (χ2v) is 10.1. The number of halogens is 2. The van der Waals surface area contributed by atoms with Crippen molar-refractivity contribution in [2.24, 2.45) is 5.92 Å². The Labute approximate surface area is 211 Å². The molecule has 3 rings (SSSR count). The lowest BCUT2D eigenvalue weighted by Crippen LogP contribution is -2.49. The standard InChI is InChI=1S/C26H28Br2N2O3/c1-17(2)14-29-26(32)18(3)30(15-19-8-11-21(27)12-9-19)24(31)16-33-23-13-10-20-6-4-5-7-22(20)25(23)28/h4-13,17-18H,14-16H2,1-3H3,(H,29,32)/t18-/m1/s1. The monoisotopic (exact) mass is 574 g/mol. The van der Waals surface area contributed by atoms with Crippen LogP contribution >= 0.6 is 31.9 Å². The van der Waals surface area contributed by atoms with Crippen LogP contribution < -0.4 is 10.1 Å². The molecule has 0 radical (unpaired) electrons. The van der Waals surface area contributed by atoms with E-state index in [0.717, 1.165) is 25.3 Å². The molecule has 0 saturated carbocycles. The molecule has 2 amide bonds. The minimum Gasteiger partial charge on any atom is -0.483 e. The maximum Gasteiger partial charge on any atom is 0.261 e. The minimum atomic E-state index is -0.636. The fraction of sp³-hybridized carbons (Fsp3) is 0.308. The molecule has 0 unspecified atom stereocenters. The van der Waals surface area contributed by atoms with Crippen molar-refractivity contribution in [2.45, 2.75) is 33.4 Å². The molecule has 5 nitrogen and oxygen atoms in total. The molecule has 0 aliphatic heterocycles. The fourth-order valence-corrected chi connectivity index (χ4v) is 4.24. The molecule has 3 aromatic carbocycles. The zero-order valence-corrected chi connectivity index (χ0v) is 22.1. The largest absolute Gasteiger partial charge is 0.483 e. The maximum atomic E-state index is 13.2. The van der Waals surface area contributed by atoms with Crippen LogP contribution in [0.3, 0.4) is 0 Å².